The van der Waals surface area contributed by atoms with E-state index in [1.54, 1.807) is 16.7 Å². The average molecular weight is 561 g/mol. The summed E-state index contributed by atoms with van der Waals surface area (Å²) in [6, 6.07) is -1.18. The first-order valence-electron chi connectivity index (χ1n) is 12.6. The summed E-state index contributed by atoms with van der Waals surface area (Å²) < 4.78 is -0.686. The number of aliphatic hydroxyl groups is 1. The van der Waals surface area contributed by atoms with Crippen LogP contribution in [0.3, 0.4) is 0 Å². The van der Waals surface area contributed by atoms with Gasteiger partial charge in [-0.25, -0.2) is 0 Å². The van der Waals surface area contributed by atoms with Crippen molar-refractivity contribution in [2.24, 2.45) is 17.3 Å². The molecular weight excluding hydrogens is 518 g/mol. The Morgan fingerprint density at radius 1 is 1.24 bits per heavy atom. The van der Waals surface area contributed by atoms with Crippen LogP contribution in [0.5, 0.6) is 0 Å². The highest BCUT2D eigenvalue weighted by Crippen LogP contribution is 2.68. The molecule has 2 bridgehead atoms. The number of fused-ring (bicyclic) bond motifs is 1. The van der Waals surface area contributed by atoms with E-state index in [1.165, 1.54) is 0 Å². The maximum Gasteiger partial charge on any atom is 0.244 e. The highest BCUT2D eigenvalue weighted by atomic mass is 79.9. The van der Waals surface area contributed by atoms with E-state index >= 15 is 0 Å². The molecule has 0 aromatic carbocycles. The van der Waals surface area contributed by atoms with Gasteiger partial charge in [-0.15, -0.1) is 11.8 Å². The Morgan fingerprint density at radius 2 is 1.88 bits per heavy atom. The Morgan fingerprint density at radius 3 is 2.41 bits per heavy atom. The molecule has 3 fully saturated rings. The Bertz CT molecular complexity index is 812. The monoisotopic (exact) mass is 559 g/mol. The molecule has 34 heavy (non-hydrogen) atoms. The molecule has 3 amide bonds. The van der Waals surface area contributed by atoms with E-state index < -0.39 is 34.2 Å². The SMILES string of the molecule is CCCNC(=O)[C@H]1[C@@H]2SC3(CC2Br)C(C(=O)NC(C)(C)CC(C)(C)C)N([C@@H](CC)CO)C(=O)[C@H]13. The molecule has 0 radical (unpaired) electrons. The number of aliphatic hydroxyl groups excluding tert-OH is 1. The lowest BCUT2D eigenvalue weighted by Gasteiger charge is -2.40. The second-order valence-corrected chi connectivity index (χ2v) is 14.8. The largest absolute Gasteiger partial charge is 0.394 e. The number of nitrogens with one attached hydrogen (secondary N) is 2. The fourth-order valence-electron chi connectivity index (χ4n) is 6.61. The highest BCUT2D eigenvalue weighted by molar-refractivity contribution is 9.09. The molecule has 194 valence electrons. The summed E-state index contributed by atoms with van der Waals surface area (Å²) in [4.78, 5) is 42.9. The van der Waals surface area contributed by atoms with Crippen LogP contribution in [0.15, 0.2) is 0 Å². The topological polar surface area (TPSA) is 98.7 Å². The number of thioether (sulfide) groups is 1. The van der Waals surface area contributed by atoms with Crippen LogP contribution >= 0.6 is 27.7 Å². The van der Waals surface area contributed by atoms with Crippen molar-refractivity contribution in [3.63, 3.8) is 0 Å². The molecule has 0 aromatic heterocycles. The van der Waals surface area contributed by atoms with Gasteiger partial charge in [-0.2, -0.15) is 0 Å². The summed E-state index contributed by atoms with van der Waals surface area (Å²) >= 11 is 5.42. The van der Waals surface area contributed by atoms with Crippen LogP contribution < -0.4 is 10.6 Å². The van der Waals surface area contributed by atoms with Crippen molar-refractivity contribution in [3.8, 4) is 0 Å². The minimum Gasteiger partial charge on any atom is -0.394 e. The smallest absolute Gasteiger partial charge is 0.244 e. The number of alkyl halides is 1. The van der Waals surface area contributed by atoms with Gasteiger partial charge in [-0.3, -0.25) is 14.4 Å². The Balaban J connectivity index is 2.02. The first-order valence-corrected chi connectivity index (χ1v) is 14.4. The fraction of sp³-hybridized carbons (Fsp3) is 0.880. The predicted molar refractivity (Wildman–Crippen MR) is 140 cm³/mol. The van der Waals surface area contributed by atoms with Gasteiger partial charge in [-0.05, 0) is 44.9 Å². The van der Waals surface area contributed by atoms with E-state index in [-0.39, 0.29) is 39.8 Å². The van der Waals surface area contributed by atoms with Gasteiger partial charge >= 0.3 is 0 Å². The van der Waals surface area contributed by atoms with E-state index in [0.29, 0.717) is 19.4 Å². The Kier molecular flexibility index (Phi) is 8.11. The van der Waals surface area contributed by atoms with Gasteiger partial charge in [0, 0.05) is 22.2 Å². The summed E-state index contributed by atoms with van der Waals surface area (Å²) in [6.45, 7) is 14.7. The molecule has 0 saturated carbocycles. The minimum atomic E-state index is -0.722. The van der Waals surface area contributed by atoms with Gasteiger partial charge in [0.25, 0.3) is 0 Å². The average Bonchev–Trinajstić information content (AvgIpc) is 3.29. The molecule has 0 aliphatic carbocycles. The zero-order valence-corrected chi connectivity index (χ0v) is 24.0. The summed E-state index contributed by atoms with van der Waals surface area (Å²) in [5, 5.41) is 16.3. The summed E-state index contributed by atoms with van der Waals surface area (Å²) in [5.74, 6) is -1.49. The van der Waals surface area contributed by atoms with Crippen molar-refractivity contribution in [2.45, 2.75) is 107 Å². The van der Waals surface area contributed by atoms with Crippen LogP contribution in [0, 0.1) is 17.3 Å². The predicted octanol–water partition coefficient (Wildman–Crippen LogP) is 3.08. The number of nitrogens with zero attached hydrogens (tertiary/aromatic N) is 1. The molecule has 3 aliphatic rings. The molecule has 9 heteroatoms. The number of amides is 3. The van der Waals surface area contributed by atoms with Crippen LogP contribution in [0.4, 0.5) is 0 Å². The third kappa shape index (κ3) is 4.90. The molecule has 7 nitrogen and oxygen atoms in total. The van der Waals surface area contributed by atoms with Crippen molar-refractivity contribution in [3.05, 3.63) is 0 Å². The molecule has 3 N–H and O–H groups in total. The lowest BCUT2D eigenvalue weighted by atomic mass is 9.70. The van der Waals surface area contributed by atoms with Crippen molar-refractivity contribution < 1.29 is 19.5 Å². The molecule has 0 aromatic rings. The van der Waals surface area contributed by atoms with Gasteiger partial charge in [0.15, 0.2) is 0 Å². The summed E-state index contributed by atoms with van der Waals surface area (Å²) in [5.41, 5.74) is -0.448. The standard InChI is InChI=1S/C25H42BrN3O4S/c1-8-10-27-20(31)16-17-22(33)29(14(9-2)12-30)19(25(17)11-15(26)18(16)34-25)21(32)28-24(6,7)13-23(3,4)5/h14-19,30H,8-13H2,1-7H3,(H,27,31)(H,28,32)/t14-,15?,16+,17-,18+,19?,25?/m0/s1. The first kappa shape index (κ1) is 27.8. The number of halogens is 1. The molecule has 7 atom stereocenters. The number of hydrogen-bond donors (Lipinski definition) is 3. The third-order valence-electron chi connectivity index (χ3n) is 7.34. The number of rotatable bonds is 9. The number of likely N-dealkylation sites (tertiary alicyclic amines) is 1. The van der Waals surface area contributed by atoms with Gasteiger partial charge in [0.1, 0.15) is 6.04 Å². The summed E-state index contributed by atoms with van der Waals surface area (Å²) in [6.07, 6.45) is 2.78. The van der Waals surface area contributed by atoms with E-state index in [1.807, 2.05) is 27.7 Å². The van der Waals surface area contributed by atoms with Crippen LogP contribution in [0.25, 0.3) is 0 Å². The number of hydrogen-bond acceptors (Lipinski definition) is 5. The van der Waals surface area contributed by atoms with Gasteiger partial charge < -0.3 is 20.6 Å². The van der Waals surface area contributed by atoms with Crippen LogP contribution in [0.2, 0.25) is 0 Å². The molecule has 1 spiro atoms. The number of carbonyl (C=O) groups excluding carboxylic acids is 3. The minimum absolute atomic E-state index is 0.0177. The molecule has 3 heterocycles. The van der Waals surface area contributed by atoms with E-state index in [0.717, 1.165) is 12.8 Å². The molecule has 3 aliphatic heterocycles. The zero-order chi connectivity index (χ0) is 25.6. The first-order chi connectivity index (χ1) is 15.7. The molecular formula is C25H42BrN3O4S. The quantitative estimate of drug-likeness (QED) is 0.377. The highest BCUT2D eigenvalue weighted by Gasteiger charge is 2.76. The zero-order valence-electron chi connectivity index (χ0n) is 21.6. The normalized spacial score (nSPS) is 33.7. The van der Waals surface area contributed by atoms with Crippen LogP contribution in [0.1, 0.15) is 74.1 Å². The summed E-state index contributed by atoms with van der Waals surface area (Å²) in [7, 11) is 0. The maximum atomic E-state index is 14.0. The third-order valence-corrected chi connectivity index (χ3v) is 10.6. The Labute approximate surface area is 217 Å². The van der Waals surface area contributed by atoms with E-state index in [2.05, 4.69) is 47.3 Å². The molecule has 3 rings (SSSR count). The van der Waals surface area contributed by atoms with Crippen molar-refractivity contribution >= 4 is 45.4 Å². The van der Waals surface area contributed by atoms with Gasteiger partial charge in [-0.1, -0.05) is 50.5 Å². The van der Waals surface area contributed by atoms with E-state index in [4.69, 9.17) is 0 Å². The second-order valence-electron chi connectivity index (χ2n) is 12.1. The molecule has 3 unspecified atom stereocenters. The van der Waals surface area contributed by atoms with Gasteiger partial charge in [0.05, 0.1) is 29.2 Å². The van der Waals surface area contributed by atoms with E-state index in [9.17, 15) is 19.5 Å². The van der Waals surface area contributed by atoms with Crippen molar-refractivity contribution in [1.82, 2.24) is 15.5 Å². The lowest BCUT2D eigenvalue weighted by molar-refractivity contribution is -0.143. The lowest BCUT2D eigenvalue weighted by Crippen LogP contribution is -2.60. The van der Waals surface area contributed by atoms with Crippen LogP contribution in [-0.4, -0.2) is 73.3 Å². The van der Waals surface area contributed by atoms with Crippen LogP contribution in [-0.2, 0) is 14.4 Å². The van der Waals surface area contributed by atoms with Crippen molar-refractivity contribution in [1.29, 1.82) is 0 Å². The fourth-order valence-corrected chi connectivity index (χ4v) is 10.2. The maximum absolute atomic E-state index is 14.0. The second kappa shape index (κ2) is 9.92. The molecule has 3 saturated heterocycles. The Hall–Kier alpha value is -0.800. The number of carbonyl (C=O) groups is 3. The van der Waals surface area contributed by atoms with Crippen molar-refractivity contribution in [2.75, 3.05) is 13.2 Å². The van der Waals surface area contributed by atoms with Gasteiger partial charge in [0.2, 0.25) is 17.7 Å².